The highest BCUT2D eigenvalue weighted by atomic mass is 16.5. The summed E-state index contributed by atoms with van der Waals surface area (Å²) in [7, 11) is 1.44. The number of aryl methyl sites for hydroxylation is 1. The van der Waals surface area contributed by atoms with Crippen LogP contribution in [-0.2, 0) is 16.1 Å². The molecule has 21 heavy (non-hydrogen) atoms. The lowest BCUT2D eigenvalue weighted by Crippen LogP contribution is -2.50. The Hall–Kier alpha value is -1.36. The van der Waals surface area contributed by atoms with E-state index in [0.717, 1.165) is 38.2 Å². The molecule has 0 aliphatic heterocycles. The summed E-state index contributed by atoms with van der Waals surface area (Å²) in [5, 5.41) is 3.24. The lowest BCUT2D eigenvalue weighted by molar-refractivity contribution is -0.148. The Morgan fingerprint density at radius 3 is 2.76 bits per heavy atom. The molecule has 1 atom stereocenters. The second kappa shape index (κ2) is 8.17. The van der Waals surface area contributed by atoms with Crippen molar-refractivity contribution in [2.45, 2.75) is 65.0 Å². The average Bonchev–Trinajstić information content (AvgIpc) is 2.91. The number of aromatic nitrogens is 2. The molecule has 1 aromatic rings. The lowest BCUT2D eigenvalue weighted by atomic mass is 9.94. The first-order valence-electron chi connectivity index (χ1n) is 7.79. The molecule has 1 unspecified atom stereocenters. The van der Waals surface area contributed by atoms with Crippen LogP contribution in [0.25, 0.3) is 0 Å². The van der Waals surface area contributed by atoms with E-state index in [2.05, 4.69) is 28.7 Å². The molecule has 0 radical (unpaired) electrons. The van der Waals surface area contributed by atoms with E-state index in [4.69, 9.17) is 4.74 Å². The molecule has 0 fully saturated rings. The quantitative estimate of drug-likeness (QED) is 0.562. The van der Waals surface area contributed by atoms with E-state index in [1.165, 1.54) is 7.11 Å². The van der Waals surface area contributed by atoms with Gasteiger partial charge in [-0.25, -0.2) is 4.98 Å². The van der Waals surface area contributed by atoms with Crippen molar-refractivity contribution in [2.24, 2.45) is 0 Å². The minimum absolute atomic E-state index is 0.185. The van der Waals surface area contributed by atoms with Crippen molar-refractivity contribution >= 4 is 5.97 Å². The van der Waals surface area contributed by atoms with Crippen molar-refractivity contribution < 1.29 is 9.53 Å². The Labute approximate surface area is 128 Å². The first kappa shape index (κ1) is 17.7. The minimum Gasteiger partial charge on any atom is -0.468 e. The van der Waals surface area contributed by atoms with Gasteiger partial charge < -0.3 is 14.6 Å². The highest BCUT2D eigenvalue weighted by molar-refractivity contribution is 5.80. The van der Waals surface area contributed by atoms with Gasteiger partial charge in [0, 0.05) is 24.9 Å². The van der Waals surface area contributed by atoms with E-state index >= 15 is 0 Å². The molecule has 5 nitrogen and oxygen atoms in total. The van der Waals surface area contributed by atoms with Gasteiger partial charge in [-0.15, -0.1) is 0 Å². The predicted octanol–water partition coefficient (Wildman–Crippen LogP) is 2.72. The topological polar surface area (TPSA) is 56.2 Å². The van der Waals surface area contributed by atoms with Gasteiger partial charge in [-0.05, 0) is 32.7 Å². The van der Waals surface area contributed by atoms with E-state index in [1.54, 1.807) is 0 Å². The molecule has 120 valence electrons. The molecule has 0 bridgehead atoms. The number of esters is 1. The van der Waals surface area contributed by atoms with Gasteiger partial charge in [0.05, 0.1) is 7.11 Å². The first-order valence-corrected chi connectivity index (χ1v) is 7.79. The summed E-state index contributed by atoms with van der Waals surface area (Å²) >= 11 is 0. The maximum Gasteiger partial charge on any atom is 0.325 e. The van der Waals surface area contributed by atoms with Gasteiger partial charge in [0.2, 0.25) is 0 Å². The number of imidazole rings is 1. The standard InChI is InChI=1S/C16H29N3O2/c1-6-18-16(4,15(20)21-5)9-7-8-11-19-12-10-17-14(19)13(2)3/h10,12-13,18H,6-9,11H2,1-5H3. The summed E-state index contributed by atoms with van der Waals surface area (Å²) < 4.78 is 7.11. The number of hydrogen-bond donors (Lipinski definition) is 1. The molecule has 0 saturated carbocycles. The molecule has 0 aromatic carbocycles. The third kappa shape index (κ3) is 4.84. The van der Waals surface area contributed by atoms with Crippen LogP contribution in [0.3, 0.4) is 0 Å². The van der Waals surface area contributed by atoms with Gasteiger partial charge in [-0.1, -0.05) is 20.8 Å². The zero-order chi connectivity index (χ0) is 15.9. The van der Waals surface area contributed by atoms with E-state index in [-0.39, 0.29) is 5.97 Å². The normalized spacial score (nSPS) is 14.2. The Morgan fingerprint density at radius 2 is 2.19 bits per heavy atom. The minimum atomic E-state index is -0.584. The van der Waals surface area contributed by atoms with Crippen LogP contribution in [0.2, 0.25) is 0 Å². The molecule has 0 saturated heterocycles. The third-order valence-corrected chi connectivity index (χ3v) is 3.79. The van der Waals surface area contributed by atoms with Crippen LogP contribution in [0.1, 0.15) is 58.7 Å². The van der Waals surface area contributed by atoms with Crippen molar-refractivity contribution in [3.63, 3.8) is 0 Å². The van der Waals surface area contributed by atoms with Crippen molar-refractivity contribution in [1.29, 1.82) is 0 Å². The van der Waals surface area contributed by atoms with E-state index < -0.39 is 5.54 Å². The monoisotopic (exact) mass is 295 g/mol. The first-order chi connectivity index (χ1) is 9.94. The molecule has 0 amide bonds. The average molecular weight is 295 g/mol. The van der Waals surface area contributed by atoms with Crippen LogP contribution in [-0.4, -0.2) is 34.7 Å². The molecule has 0 aliphatic rings. The largest absolute Gasteiger partial charge is 0.468 e. The zero-order valence-corrected chi connectivity index (χ0v) is 14.0. The Morgan fingerprint density at radius 1 is 1.48 bits per heavy atom. The third-order valence-electron chi connectivity index (χ3n) is 3.79. The molecular weight excluding hydrogens is 266 g/mol. The Kier molecular flexibility index (Phi) is 6.89. The van der Waals surface area contributed by atoms with Gasteiger partial charge in [-0.2, -0.15) is 0 Å². The van der Waals surface area contributed by atoms with Crippen LogP contribution in [0.5, 0.6) is 0 Å². The molecule has 1 rings (SSSR count). The second-order valence-electron chi connectivity index (χ2n) is 5.94. The van der Waals surface area contributed by atoms with Crippen molar-refractivity contribution in [3.05, 3.63) is 18.2 Å². The van der Waals surface area contributed by atoms with Crippen molar-refractivity contribution in [3.8, 4) is 0 Å². The smallest absolute Gasteiger partial charge is 0.325 e. The fourth-order valence-corrected chi connectivity index (χ4v) is 2.65. The van der Waals surface area contributed by atoms with Crippen LogP contribution in [0.15, 0.2) is 12.4 Å². The number of nitrogens with one attached hydrogen (secondary N) is 1. The zero-order valence-electron chi connectivity index (χ0n) is 14.0. The summed E-state index contributed by atoms with van der Waals surface area (Å²) in [6.45, 7) is 9.92. The van der Waals surface area contributed by atoms with Crippen molar-refractivity contribution in [2.75, 3.05) is 13.7 Å². The van der Waals surface area contributed by atoms with Crippen LogP contribution in [0, 0.1) is 0 Å². The van der Waals surface area contributed by atoms with E-state index in [1.807, 2.05) is 26.2 Å². The Balaban J connectivity index is 2.48. The van der Waals surface area contributed by atoms with Gasteiger partial charge in [0.15, 0.2) is 0 Å². The second-order valence-corrected chi connectivity index (χ2v) is 5.94. The maximum atomic E-state index is 11.9. The van der Waals surface area contributed by atoms with E-state index in [0.29, 0.717) is 5.92 Å². The lowest BCUT2D eigenvalue weighted by Gasteiger charge is -2.27. The van der Waals surface area contributed by atoms with Crippen molar-refractivity contribution in [1.82, 2.24) is 14.9 Å². The van der Waals surface area contributed by atoms with Crippen LogP contribution >= 0.6 is 0 Å². The van der Waals surface area contributed by atoms with Gasteiger partial charge >= 0.3 is 5.97 Å². The molecule has 1 heterocycles. The maximum absolute atomic E-state index is 11.9. The highest BCUT2D eigenvalue weighted by Gasteiger charge is 2.32. The molecule has 5 heteroatoms. The number of carbonyl (C=O) groups excluding carboxylic acids is 1. The summed E-state index contributed by atoms with van der Waals surface area (Å²) in [6.07, 6.45) is 6.65. The number of methoxy groups -OCH3 is 1. The number of rotatable bonds is 9. The summed E-state index contributed by atoms with van der Waals surface area (Å²) in [5.74, 6) is 1.37. The fraction of sp³-hybridized carbons (Fsp3) is 0.750. The number of likely N-dealkylation sites (N-methyl/N-ethyl adjacent to an activating group) is 1. The van der Waals surface area contributed by atoms with Crippen LogP contribution in [0.4, 0.5) is 0 Å². The summed E-state index contributed by atoms with van der Waals surface area (Å²) in [5.41, 5.74) is -0.584. The van der Waals surface area contributed by atoms with Gasteiger partial charge in [0.1, 0.15) is 11.4 Å². The highest BCUT2D eigenvalue weighted by Crippen LogP contribution is 2.17. The number of hydrogen-bond acceptors (Lipinski definition) is 4. The summed E-state index contributed by atoms with van der Waals surface area (Å²) in [6, 6.07) is 0. The van der Waals surface area contributed by atoms with Crippen LogP contribution < -0.4 is 5.32 Å². The molecule has 1 N–H and O–H groups in total. The molecule has 1 aromatic heterocycles. The molecular formula is C16H29N3O2. The van der Waals surface area contributed by atoms with Gasteiger partial charge in [0.25, 0.3) is 0 Å². The fourth-order valence-electron chi connectivity index (χ4n) is 2.65. The predicted molar refractivity (Wildman–Crippen MR) is 84.3 cm³/mol. The number of ether oxygens (including phenoxy) is 1. The molecule has 0 aliphatic carbocycles. The number of carbonyl (C=O) groups is 1. The SMILES string of the molecule is CCNC(C)(CCCCn1ccnc1C(C)C)C(=O)OC. The molecule has 0 spiro atoms. The van der Waals surface area contributed by atoms with Gasteiger partial charge in [-0.3, -0.25) is 4.79 Å². The number of nitrogens with zero attached hydrogens (tertiary/aromatic N) is 2. The van der Waals surface area contributed by atoms with E-state index in [9.17, 15) is 4.79 Å². The number of unbranched alkanes of at least 4 members (excludes halogenated alkanes) is 1. The summed E-state index contributed by atoms with van der Waals surface area (Å²) in [4.78, 5) is 16.3. The Bertz CT molecular complexity index is 442.